The van der Waals surface area contributed by atoms with Gasteiger partial charge in [0.15, 0.2) is 0 Å². The van der Waals surface area contributed by atoms with Gasteiger partial charge in [-0.25, -0.2) is 4.39 Å². The van der Waals surface area contributed by atoms with Crippen LogP contribution in [0.25, 0.3) is 0 Å². The standard InChI is InChI=1S/C12H10BrFN2O/c13-9-3-8(4-10(14)6-9)5-12(17)11-7-15-1-2-16-11/h1-4,6-7,12,17H,5H2. The molecule has 0 spiro atoms. The van der Waals surface area contributed by atoms with Gasteiger partial charge in [0.1, 0.15) is 11.9 Å². The zero-order valence-corrected chi connectivity index (χ0v) is 10.4. The first-order valence-electron chi connectivity index (χ1n) is 5.04. The second-order valence-corrected chi connectivity index (χ2v) is 4.54. The quantitative estimate of drug-likeness (QED) is 0.947. The van der Waals surface area contributed by atoms with Gasteiger partial charge in [-0.3, -0.25) is 9.97 Å². The fraction of sp³-hybridized carbons (Fsp3) is 0.167. The smallest absolute Gasteiger partial charge is 0.124 e. The molecule has 0 aliphatic heterocycles. The van der Waals surface area contributed by atoms with Crippen LogP contribution in [0.3, 0.4) is 0 Å². The van der Waals surface area contributed by atoms with Crippen molar-refractivity contribution in [3.8, 4) is 0 Å². The summed E-state index contributed by atoms with van der Waals surface area (Å²) in [5, 5.41) is 9.92. The number of nitrogens with zero attached hydrogens (tertiary/aromatic N) is 2. The van der Waals surface area contributed by atoms with Crippen molar-refractivity contribution in [3.63, 3.8) is 0 Å². The fourth-order valence-corrected chi connectivity index (χ4v) is 2.05. The maximum absolute atomic E-state index is 13.1. The van der Waals surface area contributed by atoms with Crippen LogP contribution >= 0.6 is 15.9 Å². The van der Waals surface area contributed by atoms with Crippen molar-refractivity contribution in [2.75, 3.05) is 0 Å². The number of aliphatic hydroxyl groups is 1. The van der Waals surface area contributed by atoms with Crippen LogP contribution in [0, 0.1) is 5.82 Å². The number of hydrogen-bond donors (Lipinski definition) is 1. The van der Waals surface area contributed by atoms with Gasteiger partial charge >= 0.3 is 0 Å². The van der Waals surface area contributed by atoms with Crippen molar-refractivity contribution in [1.82, 2.24) is 9.97 Å². The fourth-order valence-electron chi connectivity index (χ4n) is 1.54. The zero-order valence-electron chi connectivity index (χ0n) is 8.85. The second-order valence-electron chi connectivity index (χ2n) is 3.63. The molecule has 17 heavy (non-hydrogen) atoms. The number of hydrogen-bond acceptors (Lipinski definition) is 3. The van der Waals surface area contributed by atoms with Crippen LogP contribution in [0.5, 0.6) is 0 Å². The monoisotopic (exact) mass is 296 g/mol. The Balaban J connectivity index is 2.16. The maximum atomic E-state index is 13.1. The molecule has 2 aromatic rings. The lowest BCUT2D eigenvalue weighted by atomic mass is 10.1. The summed E-state index contributed by atoms with van der Waals surface area (Å²) in [6.07, 6.45) is 4.07. The van der Waals surface area contributed by atoms with Crippen molar-refractivity contribution in [2.45, 2.75) is 12.5 Å². The van der Waals surface area contributed by atoms with E-state index in [1.807, 2.05) is 0 Å². The lowest BCUT2D eigenvalue weighted by Gasteiger charge is -2.09. The molecule has 0 amide bonds. The Morgan fingerprint density at radius 2 is 2.12 bits per heavy atom. The topological polar surface area (TPSA) is 46.0 Å². The molecule has 1 atom stereocenters. The minimum Gasteiger partial charge on any atom is -0.386 e. The molecule has 3 nitrogen and oxygen atoms in total. The van der Waals surface area contributed by atoms with Gasteiger partial charge in [-0.1, -0.05) is 15.9 Å². The van der Waals surface area contributed by atoms with E-state index < -0.39 is 6.10 Å². The molecule has 0 saturated heterocycles. The van der Waals surface area contributed by atoms with E-state index >= 15 is 0 Å². The second kappa shape index (κ2) is 5.33. The average Bonchev–Trinajstić information content (AvgIpc) is 2.28. The van der Waals surface area contributed by atoms with Crippen molar-refractivity contribution < 1.29 is 9.50 Å². The van der Waals surface area contributed by atoms with Gasteiger partial charge in [0, 0.05) is 23.3 Å². The zero-order chi connectivity index (χ0) is 12.3. The van der Waals surface area contributed by atoms with Crippen LogP contribution in [0.15, 0.2) is 41.3 Å². The van der Waals surface area contributed by atoms with E-state index in [4.69, 9.17) is 0 Å². The van der Waals surface area contributed by atoms with E-state index in [2.05, 4.69) is 25.9 Å². The van der Waals surface area contributed by atoms with Crippen LogP contribution in [0.2, 0.25) is 0 Å². The van der Waals surface area contributed by atoms with Crippen molar-refractivity contribution in [2.24, 2.45) is 0 Å². The Morgan fingerprint density at radius 3 is 2.76 bits per heavy atom. The normalized spacial score (nSPS) is 12.4. The van der Waals surface area contributed by atoms with Gasteiger partial charge in [0.25, 0.3) is 0 Å². The van der Waals surface area contributed by atoms with E-state index in [-0.39, 0.29) is 5.82 Å². The first-order chi connectivity index (χ1) is 8.15. The van der Waals surface area contributed by atoms with E-state index in [9.17, 15) is 9.50 Å². The summed E-state index contributed by atoms with van der Waals surface area (Å²) in [5.74, 6) is -0.333. The molecule has 0 aliphatic rings. The maximum Gasteiger partial charge on any atom is 0.124 e. The molecule has 0 radical (unpaired) electrons. The molecule has 0 fully saturated rings. The molecule has 1 aromatic heterocycles. The first-order valence-corrected chi connectivity index (χ1v) is 5.83. The van der Waals surface area contributed by atoms with E-state index in [0.29, 0.717) is 22.2 Å². The average molecular weight is 297 g/mol. The van der Waals surface area contributed by atoms with Crippen LogP contribution < -0.4 is 0 Å². The molecule has 0 bridgehead atoms. The third kappa shape index (κ3) is 3.31. The van der Waals surface area contributed by atoms with Crippen molar-refractivity contribution in [3.05, 3.63) is 58.3 Å². The van der Waals surface area contributed by atoms with Gasteiger partial charge in [0.2, 0.25) is 0 Å². The molecule has 88 valence electrons. The minimum absolute atomic E-state index is 0.301. The van der Waals surface area contributed by atoms with Gasteiger partial charge in [-0.05, 0) is 23.8 Å². The first kappa shape index (κ1) is 12.1. The number of benzene rings is 1. The molecular weight excluding hydrogens is 287 g/mol. The summed E-state index contributed by atoms with van der Waals surface area (Å²) in [6.45, 7) is 0. The number of halogens is 2. The summed E-state index contributed by atoms with van der Waals surface area (Å²) >= 11 is 3.21. The molecule has 5 heteroatoms. The lowest BCUT2D eigenvalue weighted by molar-refractivity contribution is 0.173. The largest absolute Gasteiger partial charge is 0.386 e. The highest BCUT2D eigenvalue weighted by atomic mass is 79.9. The number of rotatable bonds is 3. The summed E-state index contributed by atoms with van der Waals surface area (Å²) in [6, 6.07) is 4.53. The van der Waals surface area contributed by atoms with Gasteiger partial charge in [-0.2, -0.15) is 0 Å². The third-order valence-corrected chi connectivity index (χ3v) is 2.73. The predicted molar refractivity (Wildman–Crippen MR) is 64.8 cm³/mol. The molecule has 1 unspecified atom stereocenters. The van der Waals surface area contributed by atoms with Gasteiger partial charge in [0.05, 0.1) is 11.9 Å². The molecule has 1 aromatic carbocycles. The summed E-state index contributed by atoms with van der Waals surface area (Å²) in [5.41, 5.74) is 1.18. The molecule has 1 heterocycles. The Morgan fingerprint density at radius 1 is 1.29 bits per heavy atom. The van der Waals surface area contributed by atoms with Crippen LogP contribution in [-0.4, -0.2) is 15.1 Å². The highest BCUT2D eigenvalue weighted by Crippen LogP contribution is 2.20. The summed E-state index contributed by atoms with van der Waals surface area (Å²) in [7, 11) is 0. The molecule has 2 rings (SSSR count). The van der Waals surface area contributed by atoms with Crippen molar-refractivity contribution in [1.29, 1.82) is 0 Å². The van der Waals surface area contributed by atoms with E-state index in [1.165, 1.54) is 30.7 Å². The Kier molecular flexibility index (Phi) is 3.81. The molecular formula is C12H10BrFN2O. The van der Waals surface area contributed by atoms with Crippen LogP contribution in [0.4, 0.5) is 4.39 Å². The minimum atomic E-state index is -0.780. The SMILES string of the molecule is OC(Cc1cc(F)cc(Br)c1)c1cnccn1. The van der Waals surface area contributed by atoms with Crippen molar-refractivity contribution >= 4 is 15.9 Å². The predicted octanol–water partition coefficient (Wildman–Crippen LogP) is 2.65. The van der Waals surface area contributed by atoms with Gasteiger partial charge in [-0.15, -0.1) is 0 Å². The highest BCUT2D eigenvalue weighted by molar-refractivity contribution is 9.10. The Labute approximate surface area is 106 Å². The Bertz CT molecular complexity index is 487. The van der Waals surface area contributed by atoms with Crippen LogP contribution in [-0.2, 0) is 6.42 Å². The third-order valence-electron chi connectivity index (χ3n) is 2.28. The summed E-state index contributed by atoms with van der Waals surface area (Å²) in [4.78, 5) is 7.88. The molecule has 1 N–H and O–H groups in total. The lowest BCUT2D eigenvalue weighted by Crippen LogP contribution is -2.04. The molecule has 0 aliphatic carbocycles. The number of aromatic nitrogens is 2. The number of aliphatic hydroxyl groups excluding tert-OH is 1. The Hall–Kier alpha value is -1.33. The summed E-state index contributed by atoms with van der Waals surface area (Å²) < 4.78 is 13.8. The van der Waals surface area contributed by atoms with E-state index in [1.54, 1.807) is 6.07 Å². The highest BCUT2D eigenvalue weighted by Gasteiger charge is 2.11. The molecule has 0 saturated carbocycles. The van der Waals surface area contributed by atoms with E-state index in [0.717, 1.165) is 0 Å². The van der Waals surface area contributed by atoms with Crippen LogP contribution in [0.1, 0.15) is 17.4 Å². The van der Waals surface area contributed by atoms with Gasteiger partial charge < -0.3 is 5.11 Å².